The Hall–Kier alpha value is -2.37. The van der Waals surface area contributed by atoms with Crippen LogP contribution >= 0.6 is 11.8 Å². The van der Waals surface area contributed by atoms with E-state index in [1.807, 2.05) is 48.7 Å². The summed E-state index contributed by atoms with van der Waals surface area (Å²) in [6, 6.07) is 17.2. The Morgan fingerprint density at radius 3 is 2.79 bits per heavy atom. The number of hydrogen-bond donors (Lipinski definition) is 2. The fourth-order valence-electron chi connectivity index (χ4n) is 2.66. The Morgan fingerprint density at radius 2 is 1.96 bits per heavy atom. The second-order valence-corrected chi connectivity index (χ2v) is 6.15. The third kappa shape index (κ3) is 3.42. The number of hydrogen-bond acceptors (Lipinski definition) is 4. The molecule has 1 heterocycles. The number of pyridine rings is 1. The summed E-state index contributed by atoms with van der Waals surface area (Å²) in [6.45, 7) is 0.148. The smallest absolute Gasteiger partial charge is 0.254 e. The van der Waals surface area contributed by atoms with Gasteiger partial charge >= 0.3 is 0 Å². The predicted molar refractivity (Wildman–Crippen MR) is 97.3 cm³/mol. The van der Waals surface area contributed by atoms with Crippen molar-refractivity contribution in [3.63, 3.8) is 0 Å². The van der Waals surface area contributed by atoms with E-state index in [-0.39, 0.29) is 12.5 Å². The monoisotopic (exact) mass is 338 g/mol. The first kappa shape index (κ1) is 16.5. The molecule has 1 unspecified atom stereocenters. The molecule has 3 rings (SSSR count). The van der Waals surface area contributed by atoms with Crippen molar-refractivity contribution in [3.05, 3.63) is 71.9 Å². The zero-order valence-electron chi connectivity index (χ0n) is 13.3. The van der Waals surface area contributed by atoms with Gasteiger partial charge in [-0.1, -0.05) is 42.5 Å². The summed E-state index contributed by atoms with van der Waals surface area (Å²) >= 11 is 1.42. The molecule has 4 nitrogen and oxygen atoms in total. The summed E-state index contributed by atoms with van der Waals surface area (Å²) in [5.41, 5.74) is 1.33. The Bertz CT molecular complexity index is 861. The van der Waals surface area contributed by atoms with E-state index in [9.17, 15) is 9.90 Å². The number of amides is 1. The number of carbonyl (C=O) groups is 1. The van der Waals surface area contributed by atoms with Crippen LogP contribution in [0.1, 0.15) is 22.0 Å². The first-order chi connectivity index (χ1) is 11.7. The van der Waals surface area contributed by atoms with Gasteiger partial charge in [0.15, 0.2) is 0 Å². The lowest BCUT2D eigenvalue weighted by molar-refractivity contribution is 0.0913. The largest absolute Gasteiger partial charge is 0.387 e. The van der Waals surface area contributed by atoms with Crippen LogP contribution in [0.5, 0.6) is 0 Å². The van der Waals surface area contributed by atoms with Crippen LogP contribution in [0.15, 0.2) is 65.8 Å². The van der Waals surface area contributed by atoms with E-state index in [0.29, 0.717) is 10.6 Å². The molecule has 0 saturated carbocycles. The maximum absolute atomic E-state index is 12.3. The van der Waals surface area contributed by atoms with E-state index in [4.69, 9.17) is 0 Å². The van der Waals surface area contributed by atoms with Gasteiger partial charge in [-0.25, -0.2) is 4.98 Å². The molecule has 24 heavy (non-hydrogen) atoms. The minimum absolute atomic E-state index is 0.148. The minimum atomic E-state index is -0.769. The number of nitrogens with zero attached hydrogens (tertiary/aromatic N) is 1. The van der Waals surface area contributed by atoms with Gasteiger partial charge in [0.2, 0.25) is 0 Å². The molecule has 0 spiro atoms. The van der Waals surface area contributed by atoms with Gasteiger partial charge in [0.25, 0.3) is 5.91 Å². The molecular weight excluding hydrogens is 320 g/mol. The van der Waals surface area contributed by atoms with Crippen LogP contribution < -0.4 is 5.32 Å². The predicted octanol–water partition coefficient (Wildman–Crippen LogP) is 3.42. The maximum Gasteiger partial charge on any atom is 0.254 e. The number of aromatic nitrogens is 1. The number of carbonyl (C=O) groups excluding carboxylic acids is 1. The van der Waals surface area contributed by atoms with Crippen molar-refractivity contribution in [2.75, 3.05) is 12.8 Å². The molecule has 0 fully saturated rings. The van der Waals surface area contributed by atoms with Gasteiger partial charge in [0.05, 0.1) is 11.7 Å². The van der Waals surface area contributed by atoms with Crippen molar-refractivity contribution in [3.8, 4) is 0 Å². The Labute approximate surface area is 144 Å². The maximum atomic E-state index is 12.3. The van der Waals surface area contributed by atoms with Crippen molar-refractivity contribution in [2.45, 2.75) is 11.1 Å². The number of aliphatic hydroxyl groups is 1. The summed E-state index contributed by atoms with van der Waals surface area (Å²) in [7, 11) is 0. The lowest BCUT2D eigenvalue weighted by atomic mass is 10.0. The molecule has 1 atom stereocenters. The highest BCUT2D eigenvalue weighted by molar-refractivity contribution is 7.98. The van der Waals surface area contributed by atoms with Crippen LogP contribution in [0.2, 0.25) is 0 Å². The van der Waals surface area contributed by atoms with E-state index < -0.39 is 6.10 Å². The first-order valence-corrected chi connectivity index (χ1v) is 8.86. The number of aliphatic hydroxyl groups excluding tert-OH is 1. The summed E-state index contributed by atoms with van der Waals surface area (Å²) in [5, 5.41) is 16.0. The second kappa shape index (κ2) is 7.47. The number of nitrogens with one attached hydrogen (secondary N) is 1. The van der Waals surface area contributed by atoms with E-state index in [1.165, 1.54) is 11.8 Å². The molecule has 0 bridgehead atoms. The van der Waals surface area contributed by atoms with Gasteiger partial charge in [-0.15, -0.1) is 11.8 Å². The van der Waals surface area contributed by atoms with Crippen LogP contribution in [0.4, 0.5) is 0 Å². The van der Waals surface area contributed by atoms with E-state index in [2.05, 4.69) is 10.3 Å². The highest BCUT2D eigenvalue weighted by Crippen LogP contribution is 2.24. The summed E-state index contributed by atoms with van der Waals surface area (Å²) in [5.74, 6) is -0.230. The summed E-state index contributed by atoms with van der Waals surface area (Å²) in [6.07, 6.45) is 2.77. The lowest BCUT2D eigenvalue weighted by Crippen LogP contribution is -2.29. The summed E-state index contributed by atoms with van der Waals surface area (Å²) in [4.78, 5) is 16.5. The van der Waals surface area contributed by atoms with Crippen molar-refractivity contribution in [2.24, 2.45) is 0 Å². The number of benzene rings is 2. The quantitative estimate of drug-likeness (QED) is 0.700. The van der Waals surface area contributed by atoms with Gasteiger partial charge in [-0.2, -0.15) is 0 Å². The number of fused-ring (bicyclic) bond motifs is 1. The van der Waals surface area contributed by atoms with Crippen LogP contribution in [0, 0.1) is 0 Å². The fraction of sp³-hybridized carbons (Fsp3) is 0.158. The molecule has 1 amide bonds. The zero-order valence-corrected chi connectivity index (χ0v) is 14.1. The average molecular weight is 338 g/mol. The molecule has 5 heteroatoms. The Kier molecular flexibility index (Phi) is 5.13. The fourth-order valence-corrected chi connectivity index (χ4v) is 3.21. The first-order valence-electron chi connectivity index (χ1n) is 7.63. The molecule has 0 radical (unpaired) electrons. The topological polar surface area (TPSA) is 62.2 Å². The van der Waals surface area contributed by atoms with Gasteiger partial charge in [0, 0.05) is 12.7 Å². The molecule has 122 valence electrons. The van der Waals surface area contributed by atoms with Crippen molar-refractivity contribution < 1.29 is 9.90 Å². The SMILES string of the molecule is CSc1ncccc1C(=O)NCC(O)c1cccc2ccccc12. The van der Waals surface area contributed by atoms with Gasteiger partial charge < -0.3 is 10.4 Å². The molecule has 0 aliphatic rings. The van der Waals surface area contributed by atoms with E-state index in [1.54, 1.807) is 18.3 Å². The zero-order chi connectivity index (χ0) is 16.9. The Morgan fingerprint density at radius 1 is 1.17 bits per heavy atom. The van der Waals surface area contributed by atoms with E-state index in [0.717, 1.165) is 16.3 Å². The molecule has 0 saturated heterocycles. The van der Waals surface area contributed by atoms with Crippen LogP contribution in [-0.2, 0) is 0 Å². The normalized spacial score (nSPS) is 12.1. The highest BCUT2D eigenvalue weighted by atomic mass is 32.2. The molecule has 1 aromatic heterocycles. The lowest BCUT2D eigenvalue weighted by Gasteiger charge is -2.15. The third-order valence-electron chi connectivity index (χ3n) is 3.85. The third-order valence-corrected chi connectivity index (χ3v) is 4.56. The molecule has 2 aromatic carbocycles. The van der Waals surface area contributed by atoms with E-state index >= 15 is 0 Å². The minimum Gasteiger partial charge on any atom is -0.387 e. The molecule has 2 N–H and O–H groups in total. The number of thioether (sulfide) groups is 1. The number of rotatable bonds is 5. The standard InChI is InChI=1S/C19H18N2O2S/c1-24-19-16(10-5-11-20-19)18(23)21-12-17(22)15-9-4-7-13-6-2-3-8-14(13)15/h2-11,17,22H,12H2,1H3,(H,21,23). The Balaban J connectivity index is 1.75. The van der Waals surface area contributed by atoms with Crippen LogP contribution in [0.3, 0.4) is 0 Å². The molecule has 0 aliphatic heterocycles. The molecule has 0 aliphatic carbocycles. The summed E-state index contributed by atoms with van der Waals surface area (Å²) < 4.78 is 0. The van der Waals surface area contributed by atoms with Crippen molar-refractivity contribution in [1.29, 1.82) is 0 Å². The highest BCUT2D eigenvalue weighted by Gasteiger charge is 2.15. The second-order valence-electron chi connectivity index (χ2n) is 5.35. The van der Waals surface area contributed by atoms with Gasteiger partial charge in [-0.3, -0.25) is 4.79 Å². The van der Waals surface area contributed by atoms with Crippen molar-refractivity contribution >= 4 is 28.4 Å². The van der Waals surface area contributed by atoms with Gasteiger partial charge in [0.1, 0.15) is 5.03 Å². The van der Waals surface area contributed by atoms with Crippen LogP contribution in [-0.4, -0.2) is 28.8 Å². The van der Waals surface area contributed by atoms with Crippen molar-refractivity contribution in [1.82, 2.24) is 10.3 Å². The average Bonchev–Trinajstić information content (AvgIpc) is 2.65. The van der Waals surface area contributed by atoms with Gasteiger partial charge in [-0.05, 0) is 34.7 Å². The molecule has 3 aromatic rings. The van der Waals surface area contributed by atoms with Crippen LogP contribution in [0.25, 0.3) is 10.8 Å². The molecular formula is C19H18N2O2S.